The van der Waals surface area contributed by atoms with Crippen LogP contribution in [0.25, 0.3) is 0 Å². The van der Waals surface area contributed by atoms with Crippen molar-refractivity contribution in [1.82, 2.24) is 10.2 Å². The van der Waals surface area contributed by atoms with E-state index in [1.165, 1.54) is 5.56 Å². The number of hydrogen-bond acceptors (Lipinski definition) is 3. The first-order valence-corrected chi connectivity index (χ1v) is 11.2. The molecule has 7 heteroatoms. The molecule has 1 aliphatic heterocycles. The molecular formula is C19H28ClN3O2S. The highest BCUT2D eigenvalue weighted by molar-refractivity contribution is 7.92. The number of aliphatic imine (C=N–C) groups is 1. The van der Waals surface area contributed by atoms with E-state index in [-0.39, 0.29) is 11.2 Å². The molecule has 3 rings (SSSR count). The number of nitrogens with one attached hydrogen (secondary N) is 1. The molecule has 1 heterocycles. The zero-order valence-electron chi connectivity index (χ0n) is 15.8. The van der Waals surface area contributed by atoms with Crippen LogP contribution in [0.2, 0.25) is 5.02 Å². The molecule has 0 amide bonds. The van der Waals surface area contributed by atoms with Crippen molar-refractivity contribution in [3.63, 3.8) is 0 Å². The molecule has 1 aromatic rings. The van der Waals surface area contributed by atoms with Crippen LogP contribution in [0, 0.1) is 0 Å². The highest BCUT2D eigenvalue weighted by Crippen LogP contribution is 2.48. The molecule has 1 saturated carbocycles. The summed E-state index contributed by atoms with van der Waals surface area (Å²) in [4.78, 5) is 6.97. The fourth-order valence-electron chi connectivity index (χ4n) is 3.48. The molecule has 2 fully saturated rings. The summed E-state index contributed by atoms with van der Waals surface area (Å²) in [5.74, 6) is 0.980. The summed E-state index contributed by atoms with van der Waals surface area (Å²) < 4.78 is 23.8. The van der Waals surface area contributed by atoms with Gasteiger partial charge in [0.25, 0.3) is 0 Å². The van der Waals surface area contributed by atoms with Gasteiger partial charge in [-0.3, -0.25) is 4.99 Å². The van der Waals surface area contributed by atoms with Gasteiger partial charge in [0.15, 0.2) is 15.8 Å². The second-order valence-electron chi connectivity index (χ2n) is 7.96. The van der Waals surface area contributed by atoms with Gasteiger partial charge in [-0.2, -0.15) is 0 Å². The quantitative estimate of drug-likeness (QED) is 0.626. The maximum absolute atomic E-state index is 12.3. The zero-order valence-corrected chi connectivity index (χ0v) is 17.3. The molecule has 1 aliphatic carbocycles. The molecule has 1 N–H and O–H groups in total. The lowest BCUT2D eigenvalue weighted by molar-refractivity contribution is 0.353. The maximum atomic E-state index is 12.3. The molecular weight excluding hydrogens is 370 g/mol. The van der Waals surface area contributed by atoms with Crippen LogP contribution < -0.4 is 5.32 Å². The van der Waals surface area contributed by atoms with Crippen molar-refractivity contribution < 1.29 is 8.42 Å². The SMILES string of the molecule is CCNC(=NCC1(c2cccc(Cl)c2)CC1)N1CCS(=O)(=O)C(C)(C)C1. The first-order chi connectivity index (χ1) is 12.2. The van der Waals surface area contributed by atoms with E-state index in [4.69, 9.17) is 16.6 Å². The Labute approximate surface area is 161 Å². The predicted molar refractivity (Wildman–Crippen MR) is 108 cm³/mol. The summed E-state index contributed by atoms with van der Waals surface area (Å²) in [5.41, 5.74) is 1.31. The van der Waals surface area contributed by atoms with Crippen LogP contribution >= 0.6 is 11.6 Å². The van der Waals surface area contributed by atoms with Gasteiger partial charge in [-0.05, 0) is 51.3 Å². The van der Waals surface area contributed by atoms with Gasteiger partial charge in [-0.15, -0.1) is 0 Å². The maximum Gasteiger partial charge on any atom is 0.194 e. The Bertz CT molecular complexity index is 801. The monoisotopic (exact) mass is 397 g/mol. The van der Waals surface area contributed by atoms with Crippen molar-refractivity contribution >= 4 is 27.4 Å². The summed E-state index contributed by atoms with van der Waals surface area (Å²) in [7, 11) is -3.06. The lowest BCUT2D eigenvalue weighted by atomic mass is 9.96. The average Bonchev–Trinajstić information content (AvgIpc) is 3.35. The van der Waals surface area contributed by atoms with Gasteiger partial charge in [0.1, 0.15) is 0 Å². The van der Waals surface area contributed by atoms with E-state index in [0.717, 1.165) is 30.4 Å². The Hall–Kier alpha value is -1.27. The molecule has 5 nitrogen and oxygen atoms in total. The Morgan fingerprint density at radius 2 is 2.08 bits per heavy atom. The van der Waals surface area contributed by atoms with E-state index in [2.05, 4.69) is 16.3 Å². The molecule has 0 unspecified atom stereocenters. The number of hydrogen-bond donors (Lipinski definition) is 1. The zero-order chi connectivity index (χ0) is 19.0. The molecule has 0 bridgehead atoms. The lowest BCUT2D eigenvalue weighted by Gasteiger charge is -2.39. The van der Waals surface area contributed by atoms with Crippen LogP contribution in [0.1, 0.15) is 39.2 Å². The van der Waals surface area contributed by atoms with Crippen LogP contribution in [0.5, 0.6) is 0 Å². The summed E-state index contributed by atoms with van der Waals surface area (Å²) in [6, 6.07) is 8.04. The van der Waals surface area contributed by atoms with Crippen LogP contribution in [-0.2, 0) is 15.3 Å². The normalized spacial score (nSPS) is 23.5. The van der Waals surface area contributed by atoms with Crippen molar-refractivity contribution in [3.8, 4) is 0 Å². The van der Waals surface area contributed by atoms with Gasteiger partial charge in [-0.1, -0.05) is 23.7 Å². The number of rotatable bonds is 4. The predicted octanol–water partition coefficient (Wildman–Crippen LogP) is 2.85. The van der Waals surface area contributed by atoms with Gasteiger partial charge in [0.05, 0.1) is 17.0 Å². The van der Waals surface area contributed by atoms with Crippen LogP contribution in [0.3, 0.4) is 0 Å². The van der Waals surface area contributed by atoms with Crippen LogP contribution in [0.15, 0.2) is 29.3 Å². The average molecular weight is 398 g/mol. The van der Waals surface area contributed by atoms with Crippen molar-refractivity contribution in [2.45, 2.75) is 43.8 Å². The lowest BCUT2D eigenvalue weighted by Crippen LogP contribution is -2.57. The van der Waals surface area contributed by atoms with Gasteiger partial charge in [0.2, 0.25) is 0 Å². The molecule has 2 aliphatic rings. The minimum absolute atomic E-state index is 0.0724. The molecule has 0 aromatic heterocycles. The third kappa shape index (κ3) is 3.86. The first-order valence-electron chi connectivity index (χ1n) is 9.21. The smallest absolute Gasteiger partial charge is 0.194 e. The number of halogens is 1. The fraction of sp³-hybridized carbons (Fsp3) is 0.632. The number of guanidine groups is 1. The number of benzene rings is 1. The van der Waals surface area contributed by atoms with Gasteiger partial charge >= 0.3 is 0 Å². The third-order valence-electron chi connectivity index (χ3n) is 5.50. The van der Waals surface area contributed by atoms with E-state index < -0.39 is 14.6 Å². The van der Waals surface area contributed by atoms with E-state index in [9.17, 15) is 8.42 Å². The molecule has 144 valence electrons. The van der Waals surface area contributed by atoms with Gasteiger partial charge in [0, 0.05) is 30.1 Å². The van der Waals surface area contributed by atoms with Crippen LogP contribution in [-0.4, -0.2) is 56.0 Å². The minimum atomic E-state index is -3.06. The largest absolute Gasteiger partial charge is 0.357 e. The molecule has 1 saturated heterocycles. The van der Waals surface area contributed by atoms with Crippen molar-refractivity contribution in [2.75, 3.05) is 31.9 Å². The van der Waals surface area contributed by atoms with Gasteiger partial charge < -0.3 is 10.2 Å². The highest BCUT2D eigenvalue weighted by atomic mass is 35.5. The molecule has 0 atom stereocenters. The second-order valence-corrected chi connectivity index (χ2v) is 11.1. The summed E-state index contributed by atoms with van der Waals surface area (Å²) in [5, 5.41) is 4.09. The Balaban J connectivity index is 1.78. The van der Waals surface area contributed by atoms with E-state index >= 15 is 0 Å². The third-order valence-corrected chi connectivity index (χ3v) is 8.27. The van der Waals surface area contributed by atoms with Crippen molar-refractivity contribution in [2.24, 2.45) is 4.99 Å². The summed E-state index contributed by atoms with van der Waals surface area (Å²) in [6.07, 6.45) is 2.21. The van der Waals surface area contributed by atoms with Crippen molar-refractivity contribution in [3.05, 3.63) is 34.9 Å². The second kappa shape index (κ2) is 7.04. The minimum Gasteiger partial charge on any atom is -0.357 e. The van der Waals surface area contributed by atoms with Crippen molar-refractivity contribution in [1.29, 1.82) is 0 Å². The first kappa shape index (κ1) is 19.5. The molecule has 26 heavy (non-hydrogen) atoms. The molecule has 0 radical (unpaired) electrons. The number of sulfone groups is 1. The van der Waals surface area contributed by atoms with E-state index in [0.29, 0.717) is 19.6 Å². The van der Waals surface area contributed by atoms with E-state index in [1.807, 2.05) is 25.1 Å². The topological polar surface area (TPSA) is 61.8 Å². The Kier molecular flexibility index (Phi) is 5.28. The van der Waals surface area contributed by atoms with Crippen LogP contribution in [0.4, 0.5) is 0 Å². The van der Waals surface area contributed by atoms with Gasteiger partial charge in [-0.25, -0.2) is 8.42 Å². The summed E-state index contributed by atoms with van der Waals surface area (Å²) >= 11 is 6.16. The standard InChI is InChI=1S/C19H28ClN3O2S/c1-4-21-17(23-10-11-26(24,25)18(2,3)14-23)22-13-19(8-9-19)15-6-5-7-16(20)12-15/h5-7,12H,4,8-11,13-14H2,1-3H3,(H,21,22). The summed E-state index contributed by atoms with van der Waals surface area (Å²) in [6.45, 7) is 8.03. The van der Waals surface area contributed by atoms with E-state index in [1.54, 1.807) is 13.8 Å². The number of nitrogens with zero attached hydrogens (tertiary/aromatic N) is 2. The fourth-order valence-corrected chi connectivity index (χ4v) is 5.04. The Morgan fingerprint density at radius 1 is 1.35 bits per heavy atom. The molecule has 1 aromatic carbocycles. The molecule has 0 spiro atoms. The highest BCUT2D eigenvalue weighted by Gasteiger charge is 2.45. The Morgan fingerprint density at radius 3 is 2.65 bits per heavy atom.